The van der Waals surface area contributed by atoms with Gasteiger partial charge in [-0.3, -0.25) is 24.4 Å². The van der Waals surface area contributed by atoms with Gasteiger partial charge < -0.3 is 15.2 Å². The molecule has 0 aliphatic heterocycles. The number of carbonyl (C=O) groups is 3. The van der Waals surface area contributed by atoms with Crippen LogP contribution in [0.3, 0.4) is 0 Å². The molecule has 41 heavy (non-hydrogen) atoms. The Morgan fingerprint density at radius 1 is 0.829 bits per heavy atom. The second-order valence-corrected chi connectivity index (χ2v) is 10.3. The number of carbonyl (C=O) groups excluding carboxylic acids is 1. The Bertz CT molecular complexity index is 1890. The molecule has 2 heterocycles. The molecule has 2 aromatic heterocycles. The van der Waals surface area contributed by atoms with E-state index in [1.54, 1.807) is 52.9 Å². The monoisotopic (exact) mass is 694 g/mol. The number of Topliss-reactive ketones (excluding diaryl/α,β-unsaturated/α-hetero) is 1. The van der Waals surface area contributed by atoms with E-state index in [-0.39, 0.29) is 9.13 Å². The van der Waals surface area contributed by atoms with Crippen molar-refractivity contribution in [3.8, 4) is 5.69 Å². The van der Waals surface area contributed by atoms with E-state index in [9.17, 15) is 38.7 Å². The van der Waals surface area contributed by atoms with Crippen molar-refractivity contribution in [3.63, 3.8) is 0 Å². The third-order valence-corrected chi connectivity index (χ3v) is 6.98. The van der Waals surface area contributed by atoms with Gasteiger partial charge in [0.15, 0.2) is 5.78 Å². The number of benzene rings is 2. The fourth-order valence-electron chi connectivity index (χ4n) is 3.79. The largest absolute Gasteiger partial charge is 0.477 e. The zero-order chi connectivity index (χ0) is 30.6. The van der Waals surface area contributed by atoms with Gasteiger partial charge in [-0.15, -0.1) is 0 Å². The number of carboxylic acid groups (broad SMARTS) is 2. The molecule has 15 heteroatoms. The molecule has 0 unspecified atom stereocenters. The van der Waals surface area contributed by atoms with E-state index in [4.69, 9.17) is 16.7 Å². The first-order valence-electron chi connectivity index (χ1n) is 11.4. The molecule has 0 atom stereocenters. The van der Waals surface area contributed by atoms with Crippen LogP contribution in [0.4, 0.5) is 0 Å². The molecular weight excluding hydrogens is 675 g/mol. The zero-order valence-electron chi connectivity index (χ0n) is 21.2. The van der Waals surface area contributed by atoms with Crippen molar-refractivity contribution in [1.82, 2.24) is 19.5 Å². The second kappa shape index (κ2) is 12.3. The molecule has 4 rings (SSSR count). The van der Waals surface area contributed by atoms with E-state index in [1.165, 1.54) is 38.1 Å². The molecule has 0 spiro atoms. The normalized spacial score (nSPS) is 10.8. The number of halogens is 2. The van der Waals surface area contributed by atoms with Gasteiger partial charge >= 0.3 is 23.3 Å². The smallest absolute Gasteiger partial charge is 0.353 e. The predicted molar refractivity (Wildman–Crippen MR) is 156 cm³/mol. The summed E-state index contributed by atoms with van der Waals surface area (Å²) in [6, 6.07) is 14.3. The number of ketones is 1. The molecule has 0 fully saturated rings. The highest BCUT2D eigenvalue weighted by Gasteiger charge is 2.37. The van der Waals surface area contributed by atoms with Gasteiger partial charge in [0.1, 0.15) is 15.0 Å². The Morgan fingerprint density at radius 3 is 1.93 bits per heavy atom. The van der Waals surface area contributed by atoms with Gasteiger partial charge in [-0.1, -0.05) is 41.9 Å². The first kappa shape index (κ1) is 31.0. The van der Waals surface area contributed by atoms with Crippen LogP contribution in [-0.2, 0) is 5.41 Å². The number of carboxylic acids is 2. The van der Waals surface area contributed by atoms with E-state index in [0.29, 0.717) is 16.3 Å². The molecule has 4 aromatic rings. The minimum atomic E-state index is -1.48. The van der Waals surface area contributed by atoms with Crippen molar-refractivity contribution in [3.05, 3.63) is 127 Å². The fraction of sp³-hybridized carbons (Fsp3) is 0.115. The minimum absolute atomic E-state index is 0.0698. The number of hydrogen-bond donors (Lipinski definition) is 5. The van der Waals surface area contributed by atoms with Crippen molar-refractivity contribution >= 4 is 51.9 Å². The lowest BCUT2D eigenvalue weighted by Gasteiger charge is -2.23. The van der Waals surface area contributed by atoms with Gasteiger partial charge in [0, 0.05) is 10.6 Å². The highest BCUT2D eigenvalue weighted by atomic mass is 127. The summed E-state index contributed by atoms with van der Waals surface area (Å²) < 4.78 is 0.782. The molecule has 0 aliphatic rings. The highest BCUT2D eigenvalue weighted by Crippen LogP contribution is 2.26. The standard InChI is InChI=1S/C15H14N2O5.C11H6ClIN2O4/c1-15(2,11(18)8-6-4-3-5-7-8)9-10(13(20)21)16-14(22)17-12(9)19;12-5-1-3-6(4-2-5)15-9(16)7(13)8(10(17)18)14-11(15)19/h3-7H,1-2H3,(H,20,21)(H2,16,17,19,22);1-4H,(H,14,19)(H,17,18). The number of hydrogen-bond acceptors (Lipinski definition) is 7. The maximum atomic E-state index is 12.6. The molecule has 0 bridgehead atoms. The summed E-state index contributed by atoms with van der Waals surface area (Å²) in [4.78, 5) is 88.2. The average Bonchev–Trinajstić information content (AvgIpc) is 2.91. The first-order valence-corrected chi connectivity index (χ1v) is 12.9. The summed E-state index contributed by atoms with van der Waals surface area (Å²) in [6.45, 7) is 2.88. The van der Waals surface area contributed by atoms with Crippen LogP contribution in [0.5, 0.6) is 0 Å². The van der Waals surface area contributed by atoms with Crippen molar-refractivity contribution in [2.24, 2.45) is 0 Å². The number of aromatic amines is 3. The van der Waals surface area contributed by atoms with Crippen LogP contribution in [0.25, 0.3) is 5.69 Å². The van der Waals surface area contributed by atoms with Gasteiger partial charge in [-0.2, -0.15) is 0 Å². The third kappa shape index (κ3) is 6.60. The summed E-state index contributed by atoms with van der Waals surface area (Å²) in [5.41, 5.74) is -5.39. The summed E-state index contributed by atoms with van der Waals surface area (Å²) in [7, 11) is 0. The number of aromatic carboxylic acids is 2. The van der Waals surface area contributed by atoms with Crippen LogP contribution >= 0.6 is 34.2 Å². The van der Waals surface area contributed by atoms with E-state index in [1.807, 2.05) is 4.98 Å². The molecule has 0 saturated carbocycles. The van der Waals surface area contributed by atoms with E-state index in [0.717, 1.165) is 4.57 Å². The topological polar surface area (TPSA) is 212 Å². The van der Waals surface area contributed by atoms with Crippen LogP contribution in [0.2, 0.25) is 5.02 Å². The van der Waals surface area contributed by atoms with Crippen LogP contribution in [0.15, 0.2) is 73.8 Å². The first-order chi connectivity index (χ1) is 19.2. The van der Waals surface area contributed by atoms with Gasteiger partial charge in [-0.25, -0.2) is 23.7 Å². The average molecular weight is 695 g/mol. The van der Waals surface area contributed by atoms with Crippen LogP contribution in [0.1, 0.15) is 50.7 Å². The lowest BCUT2D eigenvalue weighted by atomic mass is 9.77. The van der Waals surface area contributed by atoms with Gasteiger partial charge in [0.05, 0.1) is 16.7 Å². The quantitative estimate of drug-likeness (QED) is 0.148. The van der Waals surface area contributed by atoms with Gasteiger partial charge in [0.2, 0.25) is 0 Å². The third-order valence-electron chi connectivity index (χ3n) is 5.73. The number of nitrogens with one attached hydrogen (secondary N) is 3. The maximum absolute atomic E-state index is 12.6. The molecule has 0 amide bonds. The molecule has 13 nitrogen and oxygen atoms in total. The summed E-state index contributed by atoms with van der Waals surface area (Å²) in [5.74, 6) is -3.26. The predicted octanol–water partition coefficient (Wildman–Crippen LogP) is 2.40. The number of nitrogens with zero attached hydrogens (tertiary/aromatic N) is 1. The fourth-order valence-corrected chi connectivity index (χ4v) is 4.53. The van der Waals surface area contributed by atoms with Gasteiger partial charge in [-0.05, 0) is 60.7 Å². The molecule has 0 saturated heterocycles. The van der Waals surface area contributed by atoms with Crippen molar-refractivity contribution in [1.29, 1.82) is 0 Å². The maximum Gasteiger partial charge on any atom is 0.353 e. The molecule has 0 aliphatic carbocycles. The van der Waals surface area contributed by atoms with E-state index >= 15 is 0 Å². The lowest BCUT2D eigenvalue weighted by molar-refractivity contribution is 0.0676. The number of rotatable bonds is 6. The van der Waals surface area contributed by atoms with Crippen molar-refractivity contribution < 1.29 is 24.6 Å². The number of aromatic nitrogens is 4. The Morgan fingerprint density at radius 2 is 1.39 bits per heavy atom. The second-order valence-electron chi connectivity index (χ2n) is 8.82. The summed E-state index contributed by atoms with van der Waals surface area (Å²) >= 11 is 7.31. The minimum Gasteiger partial charge on any atom is -0.477 e. The zero-order valence-corrected chi connectivity index (χ0v) is 24.1. The highest BCUT2D eigenvalue weighted by molar-refractivity contribution is 14.1. The molecule has 212 valence electrons. The summed E-state index contributed by atoms with van der Waals surface area (Å²) in [5, 5.41) is 18.5. The molecule has 2 aromatic carbocycles. The van der Waals surface area contributed by atoms with Gasteiger partial charge in [0.25, 0.3) is 11.1 Å². The van der Waals surface area contributed by atoms with Crippen LogP contribution < -0.4 is 22.5 Å². The van der Waals surface area contributed by atoms with Crippen molar-refractivity contribution in [2.45, 2.75) is 19.3 Å². The molecule has 0 radical (unpaired) electrons. The molecular formula is C26H20ClIN4O9. The molecule has 5 N–H and O–H groups in total. The Hall–Kier alpha value is -4.57. The Balaban J connectivity index is 0.000000228. The number of H-pyrrole nitrogens is 3. The Labute approximate surface area is 247 Å². The van der Waals surface area contributed by atoms with Crippen LogP contribution in [0, 0.1) is 3.57 Å². The van der Waals surface area contributed by atoms with E-state index < -0.39 is 57.0 Å². The summed E-state index contributed by atoms with van der Waals surface area (Å²) in [6.07, 6.45) is 0. The SMILES string of the molecule is CC(C)(C(=O)c1ccccc1)c1c(C(=O)O)[nH]c(=O)[nH]c1=O.O=C(O)c1[nH]c(=O)n(-c2ccc(Cl)cc2)c(=O)c1I. The van der Waals surface area contributed by atoms with Crippen molar-refractivity contribution in [2.75, 3.05) is 0 Å². The van der Waals surface area contributed by atoms with E-state index in [2.05, 4.69) is 9.97 Å². The lowest BCUT2D eigenvalue weighted by Crippen LogP contribution is -2.41. The Kier molecular flexibility index (Phi) is 9.29. The van der Waals surface area contributed by atoms with Crippen LogP contribution in [-0.4, -0.2) is 47.5 Å².